The summed E-state index contributed by atoms with van der Waals surface area (Å²) in [5.74, 6) is 0.592. The van der Waals surface area contributed by atoms with Crippen LogP contribution in [0.1, 0.15) is 50.2 Å². The van der Waals surface area contributed by atoms with Gasteiger partial charge in [0.25, 0.3) is 0 Å². The van der Waals surface area contributed by atoms with Crippen LogP contribution in [0.5, 0.6) is 0 Å². The van der Waals surface area contributed by atoms with E-state index in [9.17, 15) is 0 Å². The largest absolute Gasteiger partial charge is 0.319 e. The second-order valence-electron chi connectivity index (χ2n) is 5.90. The Kier molecular flexibility index (Phi) is 5.41. The number of rotatable bonds is 8. The summed E-state index contributed by atoms with van der Waals surface area (Å²) in [6.07, 6.45) is 4.06. The Morgan fingerprint density at radius 1 is 1.26 bits per heavy atom. The van der Waals surface area contributed by atoms with Crippen molar-refractivity contribution in [1.82, 2.24) is 10.2 Å². The van der Waals surface area contributed by atoms with Crippen molar-refractivity contribution in [3.63, 3.8) is 0 Å². The average Bonchev–Trinajstić information content (AvgIpc) is 3.24. The molecule has 0 aliphatic heterocycles. The minimum atomic E-state index is 0.592. The molecule has 2 nitrogen and oxygen atoms in total. The van der Waals surface area contributed by atoms with Gasteiger partial charge in [-0.15, -0.1) is 0 Å². The van der Waals surface area contributed by atoms with Gasteiger partial charge >= 0.3 is 0 Å². The Hall–Kier alpha value is -0.860. The number of hydrogen-bond donors (Lipinski definition) is 1. The minimum Gasteiger partial charge on any atom is -0.319 e. The van der Waals surface area contributed by atoms with Crippen molar-refractivity contribution in [3.8, 4) is 0 Å². The minimum absolute atomic E-state index is 0.592. The topological polar surface area (TPSA) is 15.3 Å². The summed E-state index contributed by atoms with van der Waals surface area (Å²) in [7, 11) is 2.02. The van der Waals surface area contributed by atoms with E-state index in [1.807, 2.05) is 7.05 Å². The molecule has 0 bridgehead atoms. The van der Waals surface area contributed by atoms with Crippen LogP contribution < -0.4 is 5.32 Å². The first-order valence-electron chi connectivity index (χ1n) is 7.72. The lowest BCUT2D eigenvalue weighted by molar-refractivity contribution is 0.255. The lowest BCUT2D eigenvalue weighted by Gasteiger charge is -2.21. The van der Waals surface area contributed by atoms with Crippen LogP contribution in [0.25, 0.3) is 0 Å². The van der Waals surface area contributed by atoms with E-state index in [4.69, 9.17) is 0 Å². The Bertz CT molecular complexity index is 367. The molecule has 1 aromatic rings. The molecule has 1 saturated carbocycles. The molecule has 2 heteroatoms. The van der Waals surface area contributed by atoms with E-state index in [1.54, 1.807) is 0 Å². The van der Waals surface area contributed by atoms with Gasteiger partial charge in [-0.3, -0.25) is 4.90 Å². The molecule has 0 heterocycles. The first-order chi connectivity index (χ1) is 9.24. The quantitative estimate of drug-likeness (QED) is 0.771. The molecule has 2 rings (SSSR count). The predicted octanol–water partition coefficient (Wildman–Crippen LogP) is 3.38. The molecule has 1 unspecified atom stereocenters. The molecule has 19 heavy (non-hydrogen) atoms. The lowest BCUT2D eigenvalue weighted by Crippen LogP contribution is -2.26. The zero-order valence-corrected chi connectivity index (χ0v) is 12.7. The van der Waals surface area contributed by atoms with E-state index in [-0.39, 0.29) is 0 Å². The van der Waals surface area contributed by atoms with Gasteiger partial charge in [0, 0.05) is 19.1 Å². The van der Waals surface area contributed by atoms with Crippen LogP contribution in [0, 0.1) is 0 Å². The molecule has 1 aliphatic rings. The SMILES string of the molecule is CCCN(Cc1ccc(C(C)CNC)cc1)C1CC1. The van der Waals surface area contributed by atoms with Gasteiger partial charge in [0.15, 0.2) is 0 Å². The normalized spacial score (nSPS) is 16.8. The molecule has 1 fully saturated rings. The van der Waals surface area contributed by atoms with Crippen LogP contribution in [0.3, 0.4) is 0 Å². The fourth-order valence-electron chi connectivity index (χ4n) is 2.73. The molecule has 0 aromatic heterocycles. The van der Waals surface area contributed by atoms with Gasteiger partial charge in [0.2, 0.25) is 0 Å². The number of nitrogens with zero attached hydrogens (tertiary/aromatic N) is 1. The summed E-state index contributed by atoms with van der Waals surface area (Å²) in [6, 6.07) is 10.1. The van der Waals surface area contributed by atoms with E-state index in [0.29, 0.717) is 5.92 Å². The molecule has 0 radical (unpaired) electrons. The van der Waals surface area contributed by atoms with Crippen molar-refractivity contribution in [1.29, 1.82) is 0 Å². The molecular formula is C17H28N2. The summed E-state index contributed by atoms with van der Waals surface area (Å²) >= 11 is 0. The van der Waals surface area contributed by atoms with Crippen molar-refractivity contribution in [3.05, 3.63) is 35.4 Å². The smallest absolute Gasteiger partial charge is 0.0236 e. The van der Waals surface area contributed by atoms with Crippen LogP contribution in [0.2, 0.25) is 0 Å². The number of benzene rings is 1. The first kappa shape index (κ1) is 14.5. The highest BCUT2D eigenvalue weighted by atomic mass is 15.2. The van der Waals surface area contributed by atoms with Crippen molar-refractivity contribution < 1.29 is 0 Å². The van der Waals surface area contributed by atoms with Crippen LogP contribution in [-0.4, -0.2) is 31.1 Å². The standard InChI is InChI=1S/C17H28N2/c1-4-11-19(17-9-10-17)13-15-5-7-16(8-6-15)14(2)12-18-3/h5-8,14,17-18H,4,9-13H2,1-3H3. The van der Waals surface area contributed by atoms with Crippen molar-refractivity contribution in [2.24, 2.45) is 0 Å². The van der Waals surface area contributed by atoms with Gasteiger partial charge in [-0.05, 0) is 49.9 Å². The van der Waals surface area contributed by atoms with Gasteiger partial charge in [0.1, 0.15) is 0 Å². The van der Waals surface area contributed by atoms with Crippen molar-refractivity contribution in [2.45, 2.75) is 51.6 Å². The second-order valence-corrected chi connectivity index (χ2v) is 5.90. The van der Waals surface area contributed by atoms with E-state index in [2.05, 4.69) is 48.3 Å². The molecule has 0 saturated heterocycles. The number of nitrogens with one attached hydrogen (secondary N) is 1. The maximum atomic E-state index is 3.24. The summed E-state index contributed by atoms with van der Waals surface area (Å²) in [6.45, 7) is 7.96. The zero-order chi connectivity index (χ0) is 13.7. The Morgan fingerprint density at radius 2 is 1.95 bits per heavy atom. The highest BCUT2D eigenvalue weighted by molar-refractivity contribution is 5.25. The molecule has 0 spiro atoms. The Labute approximate surface area is 118 Å². The third-order valence-electron chi connectivity index (χ3n) is 4.02. The van der Waals surface area contributed by atoms with Crippen LogP contribution in [-0.2, 0) is 6.54 Å². The zero-order valence-electron chi connectivity index (χ0n) is 12.7. The third kappa shape index (κ3) is 4.32. The maximum Gasteiger partial charge on any atom is 0.0236 e. The first-order valence-corrected chi connectivity index (χ1v) is 7.72. The van der Waals surface area contributed by atoms with E-state index < -0.39 is 0 Å². The second kappa shape index (κ2) is 7.06. The molecular weight excluding hydrogens is 232 g/mol. The van der Waals surface area contributed by atoms with Crippen LogP contribution >= 0.6 is 0 Å². The van der Waals surface area contributed by atoms with Gasteiger partial charge in [0.05, 0.1) is 0 Å². The Morgan fingerprint density at radius 3 is 2.47 bits per heavy atom. The predicted molar refractivity (Wildman–Crippen MR) is 82.5 cm³/mol. The maximum absolute atomic E-state index is 3.24. The highest BCUT2D eigenvalue weighted by Gasteiger charge is 2.28. The van der Waals surface area contributed by atoms with E-state index in [0.717, 1.165) is 19.1 Å². The molecule has 1 aliphatic carbocycles. The lowest BCUT2D eigenvalue weighted by atomic mass is 10.00. The van der Waals surface area contributed by atoms with Gasteiger partial charge in [-0.25, -0.2) is 0 Å². The van der Waals surface area contributed by atoms with Gasteiger partial charge < -0.3 is 5.32 Å². The van der Waals surface area contributed by atoms with Gasteiger partial charge in [-0.1, -0.05) is 38.1 Å². The fourth-order valence-corrected chi connectivity index (χ4v) is 2.73. The average molecular weight is 260 g/mol. The van der Waals surface area contributed by atoms with Crippen molar-refractivity contribution in [2.75, 3.05) is 20.1 Å². The summed E-state index contributed by atoms with van der Waals surface area (Å²) in [4.78, 5) is 2.64. The molecule has 0 amide bonds. The number of hydrogen-bond acceptors (Lipinski definition) is 2. The fraction of sp³-hybridized carbons (Fsp3) is 0.647. The molecule has 106 valence electrons. The van der Waals surface area contributed by atoms with Gasteiger partial charge in [-0.2, -0.15) is 0 Å². The number of likely N-dealkylation sites (N-methyl/N-ethyl adjacent to an activating group) is 1. The van der Waals surface area contributed by atoms with Crippen LogP contribution in [0.4, 0.5) is 0 Å². The summed E-state index contributed by atoms with van der Waals surface area (Å²) in [5, 5.41) is 3.24. The van der Waals surface area contributed by atoms with E-state index in [1.165, 1.54) is 36.9 Å². The molecule has 1 N–H and O–H groups in total. The molecule has 1 aromatic carbocycles. The molecule has 1 atom stereocenters. The third-order valence-corrected chi connectivity index (χ3v) is 4.02. The summed E-state index contributed by atoms with van der Waals surface area (Å²) in [5.41, 5.74) is 2.90. The van der Waals surface area contributed by atoms with Crippen molar-refractivity contribution >= 4 is 0 Å². The summed E-state index contributed by atoms with van der Waals surface area (Å²) < 4.78 is 0. The van der Waals surface area contributed by atoms with E-state index >= 15 is 0 Å². The van der Waals surface area contributed by atoms with Crippen LogP contribution in [0.15, 0.2) is 24.3 Å². The Balaban J connectivity index is 1.93. The highest BCUT2D eigenvalue weighted by Crippen LogP contribution is 2.28. The monoisotopic (exact) mass is 260 g/mol.